The van der Waals surface area contributed by atoms with E-state index in [4.69, 9.17) is 4.74 Å². The van der Waals surface area contributed by atoms with Crippen LogP contribution in [0.25, 0.3) is 0 Å². The van der Waals surface area contributed by atoms with Crippen molar-refractivity contribution in [3.63, 3.8) is 0 Å². The summed E-state index contributed by atoms with van der Waals surface area (Å²) in [5.41, 5.74) is 2.92. The molecule has 0 fully saturated rings. The van der Waals surface area contributed by atoms with Crippen molar-refractivity contribution in [2.45, 2.75) is 24.8 Å². The number of benzene rings is 2. The Morgan fingerprint density at radius 3 is 2.77 bits per heavy atom. The molecule has 2 aliphatic rings. The number of ether oxygens (including phenoxy) is 1. The number of nitrogens with zero attached hydrogens (tertiary/aromatic N) is 3. The summed E-state index contributed by atoms with van der Waals surface area (Å²) in [7, 11) is 1.48. The van der Waals surface area contributed by atoms with E-state index in [1.54, 1.807) is 35.0 Å². The van der Waals surface area contributed by atoms with Crippen LogP contribution < -0.4 is 10.1 Å². The Labute approximate surface area is 172 Å². The number of fused-ring (bicyclic) bond motifs is 1. The van der Waals surface area contributed by atoms with E-state index in [2.05, 4.69) is 15.4 Å². The van der Waals surface area contributed by atoms with Crippen molar-refractivity contribution in [3.8, 4) is 17.2 Å². The van der Waals surface area contributed by atoms with Crippen LogP contribution in [0, 0.1) is 0 Å². The highest BCUT2D eigenvalue weighted by Crippen LogP contribution is 2.46. The van der Waals surface area contributed by atoms with Crippen LogP contribution in [0.1, 0.15) is 35.9 Å². The van der Waals surface area contributed by atoms with Gasteiger partial charge in [-0.25, -0.2) is 4.68 Å². The maximum atomic E-state index is 13.3. The van der Waals surface area contributed by atoms with Gasteiger partial charge in [0.25, 0.3) is 0 Å². The van der Waals surface area contributed by atoms with Gasteiger partial charge in [0.05, 0.1) is 7.11 Å². The summed E-state index contributed by atoms with van der Waals surface area (Å²) < 4.78 is 6.93. The smallest absolute Gasteiger partial charge is 0.226 e. The second-order valence-electron chi connectivity index (χ2n) is 7.47. The molecule has 2 heterocycles. The van der Waals surface area contributed by atoms with Gasteiger partial charge in [-0.2, -0.15) is 10.1 Å². The van der Waals surface area contributed by atoms with Crippen molar-refractivity contribution in [1.29, 1.82) is 0 Å². The third-order valence-electron chi connectivity index (χ3n) is 5.76. The zero-order valence-electron chi connectivity index (χ0n) is 16.2. The molecule has 0 bridgehead atoms. The predicted octanol–water partition coefficient (Wildman–Crippen LogP) is 3.11. The number of rotatable bonds is 3. The summed E-state index contributed by atoms with van der Waals surface area (Å²) in [6, 6.07) is 11.7. The number of aromatic hydroxyl groups is 2. The van der Waals surface area contributed by atoms with Crippen LogP contribution >= 0.6 is 0 Å². The molecule has 152 valence electrons. The third kappa shape index (κ3) is 2.80. The largest absolute Gasteiger partial charge is 0.508 e. The van der Waals surface area contributed by atoms with Gasteiger partial charge in [-0.15, -0.1) is 0 Å². The van der Waals surface area contributed by atoms with Crippen molar-refractivity contribution in [2.75, 3.05) is 12.4 Å². The van der Waals surface area contributed by atoms with Gasteiger partial charge in [0.1, 0.15) is 18.1 Å². The molecule has 8 heteroatoms. The molecular formula is C22H20N4O4. The summed E-state index contributed by atoms with van der Waals surface area (Å²) in [5.74, 6) is 0.933. The number of carbonyl (C=O) groups is 1. The Balaban J connectivity index is 1.62. The van der Waals surface area contributed by atoms with E-state index in [0.29, 0.717) is 23.7 Å². The number of Topliss-reactive ketones (excluding diaryl/α,β-unsaturated/α-hetero) is 1. The van der Waals surface area contributed by atoms with Gasteiger partial charge in [-0.3, -0.25) is 4.79 Å². The van der Waals surface area contributed by atoms with E-state index in [0.717, 1.165) is 16.8 Å². The SMILES string of the molecule is COc1cc([C@@H]2C3=C(C[C@@H](c4ccccc4O)CC3=O)Nc3ncnn32)ccc1O. The van der Waals surface area contributed by atoms with Crippen molar-refractivity contribution >= 4 is 11.7 Å². The zero-order chi connectivity index (χ0) is 20.8. The molecule has 8 nitrogen and oxygen atoms in total. The standard InChI is InChI=1S/C22H20N4O4/c1-30-19-10-12(6-7-17(19)28)21-20-15(25-22-23-11-24-26(21)22)8-13(9-18(20)29)14-4-2-3-5-16(14)27/h2-7,10-11,13,21,27-28H,8-9H2,1H3,(H,23,24,25)/t13-,21-/m1/s1. The number of aromatic nitrogens is 3. The van der Waals surface area contributed by atoms with Crippen molar-refractivity contribution in [1.82, 2.24) is 14.8 Å². The molecular weight excluding hydrogens is 384 g/mol. The monoisotopic (exact) mass is 404 g/mol. The van der Waals surface area contributed by atoms with Crippen molar-refractivity contribution in [2.24, 2.45) is 0 Å². The maximum absolute atomic E-state index is 13.3. The number of ketones is 1. The topological polar surface area (TPSA) is 110 Å². The molecule has 5 rings (SSSR count). The second kappa shape index (κ2) is 6.91. The van der Waals surface area contributed by atoms with Crippen LogP contribution in [-0.2, 0) is 4.79 Å². The Morgan fingerprint density at radius 1 is 1.13 bits per heavy atom. The highest BCUT2D eigenvalue weighted by atomic mass is 16.5. The quantitative estimate of drug-likeness (QED) is 0.615. The predicted molar refractivity (Wildman–Crippen MR) is 109 cm³/mol. The molecule has 0 saturated carbocycles. The van der Waals surface area contributed by atoms with E-state index < -0.39 is 6.04 Å². The molecule has 30 heavy (non-hydrogen) atoms. The number of methoxy groups -OCH3 is 1. The van der Waals surface area contributed by atoms with Gasteiger partial charge in [-0.1, -0.05) is 24.3 Å². The van der Waals surface area contributed by atoms with Crippen LogP contribution in [-0.4, -0.2) is 37.9 Å². The zero-order valence-corrected chi connectivity index (χ0v) is 16.2. The molecule has 0 radical (unpaired) electrons. The van der Waals surface area contributed by atoms with Crippen LogP contribution in [0.15, 0.2) is 60.1 Å². The number of phenols is 2. The summed E-state index contributed by atoms with van der Waals surface area (Å²) in [4.78, 5) is 17.6. The molecule has 3 N–H and O–H groups in total. The lowest BCUT2D eigenvalue weighted by atomic mass is 9.77. The fourth-order valence-electron chi connectivity index (χ4n) is 4.38. The molecule has 0 unspecified atom stereocenters. The van der Waals surface area contributed by atoms with Gasteiger partial charge < -0.3 is 20.3 Å². The number of anilines is 1. The highest BCUT2D eigenvalue weighted by Gasteiger charge is 2.39. The minimum absolute atomic E-state index is 0.0183. The van der Waals surface area contributed by atoms with Gasteiger partial charge in [0.2, 0.25) is 5.95 Å². The lowest BCUT2D eigenvalue weighted by Crippen LogP contribution is -2.33. The maximum Gasteiger partial charge on any atom is 0.226 e. The molecule has 0 spiro atoms. The first-order chi connectivity index (χ1) is 14.6. The minimum atomic E-state index is -0.480. The first-order valence-electron chi connectivity index (χ1n) is 9.64. The van der Waals surface area contributed by atoms with Gasteiger partial charge in [-0.05, 0) is 35.7 Å². The molecule has 1 aliphatic carbocycles. The van der Waals surface area contributed by atoms with E-state index in [1.165, 1.54) is 13.4 Å². The molecule has 0 amide bonds. The average Bonchev–Trinajstić information content (AvgIpc) is 3.21. The van der Waals surface area contributed by atoms with E-state index in [1.807, 2.05) is 12.1 Å². The van der Waals surface area contributed by atoms with E-state index in [9.17, 15) is 15.0 Å². The number of nitrogens with one attached hydrogen (secondary N) is 1. The van der Waals surface area contributed by atoms with Crippen LogP contribution in [0.3, 0.4) is 0 Å². The van der Waals surface area contributed by atoms with Gasteiger partial charge in [0, 0.05) is 23.6 Å². The van der Waals surface area contributed by atoms with E-state index >= 15 is 0 Å². The lowest BCUT2D eigenvalue weighted by Gasteiger charge is -2.35. The van der Waals surface area contributed by atoms with Gasteiger partial charge in [0.15, 0.2) is 17.3 Å². The fraction of sp³-hybridized carbons (Fsp3) is 0.227. The Morgan fingerprint density at radius 2 is 1.97 bits per heavy atom. The minimum Gasteiger partial charge on any atom is -0.508 e. The average molecular weight is 404 g/mol. The molecule has 2 aromatic carbocycles. The number of hydrogen-bond donors (Lipinski definition) is 3. The van der Waals surface area contributed by atoms with Crippen LogP contribution in [0.4, 0.5) is 5.95 Å². The Hall–Kier alpha value is -3.81. The van der Waals surface area contributed by atoms with Crippen LogP contribution in [0.5, 0.6) is 17.2 Å². The van der Waals surface area contributed by atoms with Crippen LogP contribution in [0.2, 0.25) is 0 Å². The number of hydrogen-bond acceptors (Lipinski definition) is 7. The summed E-state index contributed by atoms with van der Waals surface area (Å²) in [5, 5.41) is 27.8. The van der Waals surface area contributed by atoms with E-state index in [-0.39, 0.29) is 29.6 Å². The molecule has 1 aliphatic heterocycles. The summed E-state index contributed by atoms with van der Waals surface area (Å²) in [6.45, 7) is 0. The Bertz CT molecular complexity index is 1180. The third-order valence-corrected chi connectivity index (χ3v) is 5.76. The summed E-state index contributed by atoms with van der Waals surface area (Å²) in [6.07, 6.45) is 2.29. The van der Waals surface area contributed by atoms with Crippen molar-refractivity contribution < 1.29 is 19.7 Å². The number of allylic oxidation sites excluding steroid dienone is 2. The Kier molecular flexibility index (Phi) is 4.20. The normalized spacial score (nSPS) is 20.4. The number of phenolic OH excluding ortho intramolecular Hbond substituents is 2. The highest BCUT2D eigenvalue weighted by molar-refractivity contribution is 6.00. The van der Waals surface area contributed by atoms with Gasteiger partial charge >= 0.3 is 0 Å². The number of carbonyl (C=O) groups excluding carboxylic acids is 1. The molecule has 2 atom stereocenters. The summed E-state index contributed by atoms with van der Waals surface area (Å²) >= 11 is 0. The number of para-hydroxylation sites is 1. The fourth-order valence-corrected chi connectivity index (χ4v) is 4.38. The molecule has 0 saturated heterocycles. The first kappa shape index (κ1) is 18.2. The lowest BCUT2D eigenvalue weighted by molar-refractivity contribution is -0.116. The second-order valence-corrected chi connectivity index (χ2v) is 7.47. The molecule has 1 aromatic heterocycles. The van der Waals surface area contributed by atoms with Crippen molar-refractivity contribution in [3.05, 3.63) is 71.2 Å². The molecule has 3 aromatic rings. The first-order valence-corrected chi connectivity index (χ1v) is 9.64.